The van der Waals surface area contributed by atoms with Crippen molar-refractivity contribution >= 4 is 23.3 Å². The Hall–Kier alpha value is -1.30. The van der Waals surface area contributed by atoms with Gasteiger partial charge in [0.05, 0.1) is 4.92 Å². The van der Waals surface area contributed by atoms with E-state index in [1.165, 1.54) is 12.8 Å². The molecular weight excluding hydrogens is 250 g/mol. The van der Waals surface area contributed by atoms with E-state index in [9.17, 15) is 10.1 Å². The zero-order valence-corrected chi connectivity index (χ0v) is 11.2. The van der Waals surface area contributed by atoms with Crippen molar-refractivity contribution in [3.8, 4) is 0 Å². The van der Waals surface area contributed by atoms with Crippen LogP contribution in [0.15, 0.2) is 17.2 Å². The first-order valence-corrected chi connectivity index (χ1v) is 7.14. The Morgan fingerprint density at radius 3 is 2.83 bits per heavy atom. The van der Waals surface area contributed by atoms with Crippen molar-refractivity contribution in [3.63, 3.8) is 0 Å². The maximum Gasteiger partial charge on any atom is 0.301 e. The normalized spacial score (nSPS) is 15.8. The molecule has 1 heterocycles. The summed E-state index contributed by atoms with van der Waals surface area (Å²) < 4.78 is 0. The zero-order chi connectivity index (χ0) is 13.0. The first kappa shape index (κ1) is 13.1. The number of thioether (sulfide) groups is 1. The molecule has 0 aromatic carbocycles. The van der Waals surface area contributed by atoms with E-state index in [0.29, 0.717) is 16.1 Å². The van der Waals surface area contributed by atoms with E-state index in [1.54, 1.807) is 23.9 Å². The summed E-state index contributed by atoms with van der Waals surface area (Å²) in [6.07, 6.45) is 4.71. The molecule has 0 unspecified atom stereocenters. The molecule has 0 radical (unpaired) electrons. The van der Waals surface area contributed by atoms with Crippen LogP contribution < -0.4 is 5.32 Å². The van der Waals surface area contributed by atoms with Gasteiger partial charge in [-0.3, -0.25) is 10.1 Å². The van der Waals surface area contributed by atoms with Crippen LogP contribution in [0.3, 0.4) is 0 Å². The van der Waals surface area contributed by atoms with Crippen molar-refractivity contribution in [2.45, 2.75) is 42.9 Å². The van der Waals surface area contributed by atoms with Gasteiger partial charge in [-0.25, -0.2) is 4.98 Å². The average Bonchev–Trinajstić information content (AvgIpc) is 2.82. The SMILES string of the molecule is CCNc1ccc([N+](=O)[O-])c(SC2CCCC2)n1. The summed E-state index contributed by atoms with van der Waals surface area (Å²) in [6.45, 7) is 2.74. The lowest BCUT2D eigenvalue weighted by Crippen LogP contribution is -2.03. The van der Waals surface area contributed by atoms with Crippen LogP contribution in [0.1, 0.15) is 32.6 Å². The molecule has 1 N–H and O–H groups in total. The van der Waals surface area contributed by atoms with Crippen LogP contribution in [0, 0.1) is 10.1 Å². The van der Waals surface area contributed by atoms with Crippen molar-refractivity contribution in [3.05, 3.63) is 22.2 Å². The number of nitro groups is 1. The van der Waals surface area contributed by atoms with Crippen LogP contribution in [0.25, 0.3) is 0 Å². The maximum atomic E-state index is 11.0. The van der Waals surface area contributed by atoms with Gasteiger partial charge in [-0.05, 0) is 25.8 Å². The summed E-state index contributed by atoms with van der Waals surface area (Å²) in [6, 6.07) is 3.21. The summed E-state index contributed by atoms with van der Waals surface area (Å²) >= 11 is 1.55. The predicted molar refractivity (Wildman–Crippen MR) is 73.2 cm³/mol. The molecule has 0 amide bonds. The minimum atomic E-state index is -0.347. The Morgan fingerprint density at radius 2 is 2.22 bits per heavy atom. The van der Waals surface area contributed by atoms with Gasteiger partial charge in [0.25, 0.3) is 0 Å². The third-order valence-electron chi connectivity index (χ3n) is 2.98. The highest BCUT2D eigenvalue weighted by Crippen LogP contribution is 2.38. The lowest BCUT2D eigenvalue weighted by Gasteiger charge is -2.10. The fourth-order valence-corrected chi connectivity index (χ4v) is 3.40. The molecule has 0 bridgehead atoms. The van der Waals surface area contributed by atoms with Gasteiger partial charge < -0.3 is 5.32 Å². The number of hydrogen-bond acceptors (Lipinski definition) is 5. The molecule has 1 fully saturated rings. The number of anilines is 1. The molecule has 0 atom stereocenters. The van der Waals surface area contributed by atoms with Gasteiger partial charge in [0.15, 0.2) is 5.03 Å². The molecule has 1 saturated carbocycles. The van der Waals surface area contributed by atoms with Gasteiger partial charge in [-0.15, -0.1) is 0 Å². The topological polar surface area (TPSA) is 68.1 Å². The van der Waals surface area contributed by atoms with E-state index in [4.69, 9.17) is 0 Å². The van der Waals surface area contributed by atoms with E-state index in [-0.39, 0.29) is 10.6 Å². The lowest BCUT2D eigenvalue weighted by molar-refractivity contribution is -0.388. The first-order valence-electron chi connectivity index (χ1n) is 6.26. The molecular formula is C12H17N3O2S. The van der Waals surface area contributed by atoms with Gasteiger partial charge in [-0.1, -0.05) is 24.6 Å². The number of pyridine rings is 1. The molecule has 0 spiro atoms. The number of hydrogen-bond donors (Lipinski definition) is 1. The number of aromatic nitrogens is 1. The second kappa shape index (κ2) is 6.04. The second-order valence-electron chi connectivity index (χ2n) is 4.33. The Kier molecular flexibility index (Phi) is 4.41. The Labute approximate surface area is 111 Å². The second-order valence-corrected chi connectivity index (χ2v) is 5.62. The number of nitrogens with zero attached hydrogens (tertiary/aromatic N) is 2. The fourth-order valence-electron chi connectivity index (χ4n) is 2.10. The van der Waals surface area contributed by atoms with Crippen molar-refractivity contribution in [2.24, 2.45) is 0 Å². The van der Waals surface area contributed by atoms with Crippen LogP contribution in [0.5, 0.6) is 0 Å². The van der Waals surface area contributed by atoms with Gasteiger partial charge in [0.1, 0.15) is 5.82 Å². The highest BCUT2D eigenvalue weighted by molar-refractivity contribution is 8.00. The Balaban J connectivity index is 2.21. The van der Waals surface area contributed by atoms with E-state index in [1.807, 2.05) is 6.92 Å². The highest BCUT2D eigenvalue weighted by Gasteiger charge is 2.23. The van der Waals surface area contributed by atoms with Crippen LogP contribution in [0.4, 0.5) is 11.5 Å². The third-order valence-corrected chi connectivity index (χ3v) is 4.30. The minimum Gasteiger partial charge on any atom is -0.370 e. The molecule has 0 saturated heterocycles. The molecule has 0 aliphatic heterocycles. The van der Waals surface area contributed by atoms with Crippen LogP contribution in [-0.2, 0) is 0 Å². The summed E-state index contributed by atoms with van der Waals surface area (Å²) in [7, 11) is 0. The number of rotatable bonds is 5. The molecule has 98 valence electrons. The van der Waals surface area contributed by atoms with Crippen molar-refractivity contribution in [2.75, 3.05) is 11.9 Å². The smallest absolute Gasteiger partial charge is 0.301 e. The molecule has 2 rings (SSSR count). The maximum absolute atomic E-state index is 11.0. The monoisotopic (exact) mass is 267 g/mol. The van der Waals surface area contributed by atoms with Crippen LogP contribution in [-0.4, -0.2) is 21.7 Å². The van der Waals surface area contributed by atoms with Crippen molar-refractivity contribution in [1.29, 1.82) is 0 Å². The van der Waals surface area contributed by atoms with Gasteiger partial charge >= 0.3 is 5.69 Å². The fraction of sp³-hybridized carbons (Fsp3) is 0.583. The summed E-state index contributed by atoms with van der Waals surface area (Å²) in [5.74, 6) is 0.712. The molecule has 6 heteroatoms. The summed E-state index contributed by atoms with van der Waals surface area (Å²) in [5.41, 5.74) is 0.119. The van der Waals surface area contributed by atoms with E-state index in [2.05, 4.69) is 10.3 Å². The standard InChI is InChI=1S/C12H17N3O2S/c1-2-13-11-8-7-10(15(16)17)12(14-11)18-9-5-3-4-6-9/h7-9H,2-6H2,1H3,(H,13,14). The van der Waals surface area contributed by atoms with Gasteiger partial charge in [-0.2, -0.15) is 0 Å². The van der Waals surface area contributed by atoms with Crippen molar-refractivity contribution in [1.82, 2.24) is 4.98 Å². The van der Waals surface area contributed by atoms with Crippen molar-refractivity contribution < 1.29 is 4.92 Å². The van der Waals surface area contributed by atoms with E-state index >= 15 is 0 Å². The molecule has 5 nitrogen and oxygen atoms in total. The van der Waals surface area contributed by atoms with Crippen LogP contribution >= 0.6 is 11.8 Å². The number of nitrogens with one attached hydrogen (secondary N) is 1. The molecule has 1 aromatic rings. The van der Waals surface area contributed by atoms with E-state index in [0.717, 1.165) is 19.4 Å². The van der Waals surface area contributed by atoms with Gasteiger partial charge in [0.2, 0.25) is 0 Å². The Morgan fingerprint density at radius 1 is 1.50 bits per heavy atom. The minimum absolute atomic E-state index is 0.119. The largest absolute Gasteiger partial charge is 0.370 e. The lowest BCUT2D eigenvalue weighted by atomic mass is 10.4. The highest BCUT2D eigenvalue weighted by atomic mass is 32.2. The van der Waals surface area contributed by atoms with Crippen LogP contribution in [0.2, 0.25) is 0 Å². The first-order chi connectivity index (χ1) is 8.70. The quantitative estimate of drug-likeness (QED) is 0.653. The molecule has 18 heavy (non-hydrogen) atoms. The predicted octanol–water partition coefficient (Wildman–Crippen LogP) is 3.46. The molecule has 1 aliphatic carbocycles. The average molecular weight is 267 g/mol. The summed E-state index contributed by atoms with van der Waals surface area (Å²) in [5, 5.41) is 15.1. The zero-order valence-electron chi connectivity index (χ0n) is 10.4. The summed E-state index contributed by atoms with van der Waals surface area (Å²) in [4.78, 5) is 15.0. The Bertz CT molecular complexity index is 433. The van der Waals surface area contributed by atoms with E-state index < -0.39 is 0 Å². The third kappa shape index (κ3) is 3.13. The molecule has 1 aliphatic rings. The van der Waals surface area contributed by atoms with Gasteiger partial charge in [0, 0.05) is 17.9 Å². The molecule has 1 aromatic heterocycles.